The highest BCUT2D eigenvalue weighted by Gasteiger charge is 2.09. The quantitative estimate of drug-likeness (QED) is 0.761. The minimum Gasteiger partial charge on any atom is -0.342 e. The highest BCUT2D eigenvalue weighted by atomic mass is 15.0. The second kappa shape index (κ2) is 4.52. The van der Waals surface area contributed by atoms with Crippen LogP contribution in [-0.4, -0.2) is 9.55 Å². The summed E-state index contributed by atoms with van der Waals surface area (Å²) in [6.07, 6.45) is 1.85. The Morgan fingerprint density at radius 2 is 2.05 bits per heavy atom. The average molecular weight is 251 g/mol. The second-order valence-electron chi connectivity index (χ2n) is 4.85. The molecule has 96 valence electrons. The molecule has 0 spiro atoms. The van der Waals surface area contributed by atoms with Crippen LogP contribution in [0.25, 0.3) is 22.3 Å². The summed E-state index contributed by atoms with van der Waals surface area (Å²) in [4.78, 5) is 4.50. The van der Waals surface area contributed by atoms with Gasteiger partial charge in [-0.05, 0) is 36.2 Å². The first-order chi connectivity index (χ1) is 9.20. The highest BCUT2D eigenvalue weighted by Crippen LogP contribution is 2.27. The van der Waals surface area contributed by atoms with Gasteiger partial charge in [-0.3, -0.25) is 4.98 Å². The van der Waals surface area contributed by atoms with Gasteiger partial charge in [-0.25, -0.2) is 0 Å². The van der Waals surface area contributed by atoms with E-state index in [0.717, 1.165) is 17.0 Å². The van der Waals surface area contributed by atoms with Crippen LogP contribution in [0.1, 0.15) is 11.1 Å². The molecule has 0 atom stereocenters. The van der Waals surface area contributed by atoms with Crippen LogP contribution in [0.15, 0.2) is 42.6 Å². The lowest BCUT2D eigenvalue weighted by Crippen LogP contribution is -1.98. The van der Waals surface area contributed by atoms with Crippen LogP contribution in [0.3, 0.4) is 0 Å². The lowest BCUT2D eigenvalue weighted by molar-refractivity contribution is 0.966. The molecule has 0 aliphatic carbocycles. The van der Waals surface area contributed by atoms with Crippen molar-refractivity contribution < 1.29 is 0 Å². The van der Waals surface area contributed by atoms with Gasteiger partial charge in [0.2, 0.25) is 0 Å². The molecule has 0 aliphatic heterocycles. The number of fused-ring (bicyclic) bond motifs is 1. The van der Waals surface area contributed by atoms with Gasteiger partial charge in [-0.1, -0.05) is 18.2 Å². The molecule has 0 saturated carbocycles. The van der Waals surface area contributed by atoms with Crippen LogP contribution in [-0.2, 0) is 13.6 Å². The van der Waals surface area contributed by atoms with Crippen molar-refractivity contribution in [3.05, 3.63) is 53.7 Å². The zero-order valence-corrected chi connectivity index (χ0v) is 11.2. The van der Waals surface area contributed by atoms with Crippen LogP contribution in [0.4, 0.5) is 0 Å². The van der Waals surface area contributed by atoms with E-state index in [0.29, 0.717) is 6.54 Å². The zero-order valence-electron chi connectivity index (χ0n) is 11.2. The average Bonchev–Trinajstić information content (AvgIpc) is 2.78. The Morgan fingerprint density at radius 1 is 1.21 bits per heavy atom. The van der Waals surface area contributed by atoms with Crippen LogP contribution < -0.4 is 5.73 Å². The fourth-order valence-electron chi connectivity index (χ4n) is 2.45. The summed E-state index contributed by atoms with van der Waals surface area (Å²) in [5, 5.41) is 1.28. The normalized spacial score (nSPS) is 11.1. The highest BCUT2D eigenvalue weighted by molar-refractivity contribution is 5.88. The maximum Gasteiger partial charge on any atom is 0.0866 e. The Labute approximate surface area is 112 Å². The van der Waals surface area contributed by atoms with Gasteiger partial charge in [0.05, 0.1) is 11.4 Å². The third-order valence-electron chi connectivity index (χ3n) is 3.63. The third kappa shape index (κ3) is 1.92. The molecule has 0 amide bonds. The summed E-state index contributed by atoms with van der Waals surface area (Å²) in [6, 6.07) is 12.6. The molecule has 0 saturated heterocycles. The van der Waals surface area contributed by atoms with E-state index in [2.05, 4.69) is 47.8 Å². The van der Waals surface area contributed by atoms with Crippen LogP contribution >= 0.6 is 0 Å². The van der Waals surface area contributed by atoms with Gasteiger partial charge in [-0.2, -0.15) is 0 Å². The Bertz CT molecular complexity index is 724. The van der Waals surface area contributed by atoms with Gasteiger partial charge in [0.15, 0.2) is 0 Å². The molecular formula is C16H17N3. The van der Waals surface area contributed by atoms with Crippen molar-refractivity contribution in [1.29, 1.82) is 0 Å². The topological polar surface area (TPSA) is 43.8 Å². The Balaban J connectivity index is 2.19. The first kappa shape index (κ1) is 11.9. The first-order valence-corrected chi connectivity index (χ1v) is 6.41. The van der Waals surface area contributed by atoms with Gasteiger partial charge in [0.1, 0.15) is 0 Å². The lowest BCUT2D eigenvalue weighted by atomic mass is 10.1. The van der Waals surface area contributed by atoms with Crippen molar-refractivity contribution in [2.24, 2.45) is 12.8 Å². The van der Waals surface area contributed by atoms with Crippen molar-refractivity contribution in [2.45, 2.75) is 13.5 Å². The minimum atomic E-state index is 0.529. The predicted molar refractivity (Wildman–Crippen MR) is 78.8 cm³/mol. The molecule has 3 rings (SSSR count). The molecule has 0 radical (unpaired) electrons. The summed E-state index contributed by atoms with van der Waals surface area (Å²) in [6.45, 7) is 2.67. The molecular weight excluding hydrogens is 234 g/mol. The number of benzene rings is 1. The number of aryl methyl sites for hydroxylation is 2. The maximum absolute atomic E-state index is 5.60. The Morgan fingerprint density at radius 3 is 2.68 bits per heavy atom. The SMILES string of the molecule is Cc1cccc2c1cc(-c1ccc(CN)cn1)n2C. The van der Waals surface area contributed by atoms with Crippen LogP contribution in [0.5, 0.6) is 0 Å². The third-order valence-corrected chi connectivity index (χ3v) is 3.63. The zero-order chi connectivity index (χ0) is 13.4. The van der Waals surface area contributed by atoms with E-state index in [9.17, 15) is 0 Å². The van der Waals surface area contributed by atoms with Gasteiger partial charge < -0.3 is 10.3 Å². The second-order valence-corrected chi connectivity index (χ2v) is 4.85. The van der Waals surface area contributed by atoms with Crippen molar-refractivity contribution in [3.63, 3.8) is 0 Å². The van der Waals surface area contributed by atoms with E-state index in [1.807, 2.05) is 18.3 Å². The fraction of sp³-hybridized carbons (Fsp3) is 0.188. The summed E-state index contributed by atoms with van der Waals surface area (Å²) in [5.74, 6) is 0. The van der Waals surface area contributed by atoms with E-state index in [1.165, 1.54) is 16.5 Å². The molecule has 2 heterocycles. The molecule has 0 aliphatic rings. The van der Waals surface area contributed by atoms with E-state index in [1.54, 1.807) is 0 Å². The Hall–Kier alpha value is -2.13. The maximum atomic E-state index is 5.60. The number of pyridine rings is 1. The van der Waals surface area contributed by atoms with Gasteiger partial charge >= 0.3 is 0 Å². The van der Waals surface area contributed by atoms with Crippen molar-refractivity contribution in [1.82, 2.24) is 9.55 Å². The largest absolute Gasteiger partial charge is 0.342 e. The smallest absolute Gasteiger partial charge is 0.0866 e. The predicted octanol–water partition coefficient (Wildman–Crippen LogP) is 3.01. The summed E-state index contributed by atoms with van der Waals surface area (Å²) >= 11 is 0. The summed E-state index contributed by atoms with van der Waals surface area (Å²) in [5.41, 5.74) is 11.3. The van der Waals surface area contributed by atoms with E-state index >= 15 is 0 Å². The number of rotatable bonds is 2. The molecule has 19 heavy (non-hydrogen) atoms. The summed E-state index contributed by atoms with van der Waals surface area (Å²) < 4.78 is 2.19. The molecule has 1 aromatic carbocycles. The van der Waals surface area contributed by atoms with Crippen LogP contribution in [0.2, 0.25) is 0 Å². The molecule has 2 N–H and O–H groups in total. The number of hydrogen-bond donors (Lipinski definition) is 1. The number of nitrogens with two attached hydrogens (primary N) is 1. The van der Waals surface area contributed by atoms with E-state index in [-0.39, 0.29) is 0 Å². The van der Waals surface area contributed by atoms with E-state index < -0.39 is 0 Å². The Kier molecular flexibility index (Phi) is 2.84. The molecule has 2 aromatic heterocycles. The monoisotopic (exact) mass is 251 g/mol. The lowest BCUT2D eigenvalue weighted by Gasteiger charge is -2.04. The van der Waals surface area contributed by atoms with Crippen molar-refractivity contribution >= 4 is 10.9 Å². The number of hydrogen-bond acceptors (Lipinski definition) is 2. The fourth-order valence-corrected chi connectivity index (χ4v) is 2.45. The van der Waals surface area contributed by atoms with Crippen molar-refractivity contribution in [2.75, 3.05) is 0 Å². The van der Waals surface area contributed by atoms with Gasteiger partial charge in [0.25, 0.3) is 0 Å². The first-order valence-electron chi connectivity index (χ1n) is 6.41. The molecule has 0 bridgehead atoms. The number of aromatic nitrogens is 2. The summed E-state index contributed by atoms with van der Waals surface area (Å²) in [7, 11) is 2.08. The molecule has 3 heteroatoms. The van der Waals surface area contributed by atoms with Gasteiger partial charge in [-0.15, -0.1) is 0 Å². The molecule has 3 nitrogen and oxygen atoms in total. The van der Waals surface area contributed by atoms with Gasteiger partial charge in [0, 0.05) is 30.7 Å². The standard InChI is InChI=1S/C16H17N3/c1-11-4-3-5-15-13(11)8-16(19(15)2)14-7-6-12(9-17)10-18-14/h3-8,10H,9,17H2,1-2H3. The molecule has 3 aromatic rings. The molecule has 0 fully saturated rings. The van der Waals surface area contributed by atoms with Crippen LogP contribution in [0, 0.1) is 6.92 Å². The minimum absolute atomic E-state index is 0.529. The van der Waals surface area contributed by atoms with E-state index in [4.69, 9.17) is 5.73 Å². The number of nitrogens with zero attached hydrogens (tertiary/aromatic N) is 2. The van der Waals surface area contributed by atoms with Crippen molar-refractivity contribution in [3.8, 4) is 11.4 Å². The molecule has 0 unspecified atom stereocenters.